The van der Waals surface area contributed by atoms with Crippen molar-refractivity contribution in [2.24, 2.45) is 0 Å². The van der Waals surface area contributed by atoms with Gasteiger partial charge in [-0.15, -0.1) is 0 Å². The Labute approximate surface area is 186 Å². The predicted molar refractivity (Wildman–Crippen MR) is 111 cm³/mol. The predicted octanol–water partition coefficient (Wildman–Crippen LogP) is 2.53. The van der Waals surface area contributed by atoms with E-state index in [0.717, 1.165) is 4.90 Å². The summed E-state index contributed by atoms with van der Waals surface area (Å²) in [7, 11) is 0. The number of imidazole rings is 1. The van der Waals surface area contributed by atoms with Crippen LogP contribution in [0.1, 0.15) is 28.0 Å². The monoisotopic (exact) mass is 454 g/mol. The number of hydrogen-bond donors (Lipinski definition) is 1. The molecule has 0 bridgehead atoms. The highest BCUT2D eigenvalue weighted by molar-refractivity contribution is 6.00. The number of hydrogen-bond acceptors (Lipinski definition) is 5. The molecule has 0 aromatic carbocycles. The Morgan fingerprint density at radius 3 is 2.88 bits per heavy atom. The molecule has 1 atom stereocenters. The van der Waals surface area contributed by atoms with Crippen molar-refractivity contribution in [2.75, 3.05) is 13.1 Å². The number of rotatable bonds is 5. The summed E-state index contributed by atoms with van der Waals surface area (Å²) in [5, 5.41) is 11.4. The molecule has 1 aliphatic rings. The molecule has 0 saturated carbocycles. The Morgan fingerprint density at radius 2 is 2.09 bits per heavy atom. The maximum absolute atomic E-state index is 13.5. The minimum absolute atomic E-state index is 0.201. The number of nitrogens with one attached hydrogen (secondary N) is 1. The molecule has 4 rings (SSSR count). The van der Waals surface area contributed by atoms with Crippen molar-refractivity contribution in [2.45, 2.75) is 18.4 Å². The van der Waals surface area contributed by atoms with Crippen LogP contribution in [0.15, 0.2) is 43.0 Å². The zero-order chi connectivity index (χ0) is 23.6. The van der Waals surface area contributed by atoms with E-state index in [-0.39, 0.29) is 5.56 Å². The van der Waals surface area contributed by atoms with Crippen molar-refractivity contribution in [3.8, 4) is 6.07 Å². The first-order valence-electron chi connectivity index (χ1n) is 9.87. The number of nitrogens with zero attached hydrogens (tertiary/aromatic N) is 5. The number of halogens is 3. The van der Waals surface area contributed by atoms with Gasteiger partial charge in [0.05, 0.1) is 24.9 Å². The van der Waals surface area contributed by atoms with Gasteiger partial charge in [0.15, 0.2) is 0 Å². The van der Waals surface area contributed by atoms with Crippen LogP contribution in [0.3, 0.4) is 0 Å². The smallest absolute Gasteiger partial charge is 0.268 e. The van der Waals surface area contributed by atoms with Crippen LogP contribution in [0, 0.1) is 17.1 Å². The van der Waals surface area contributed by atoms with E-state index in [1.807, 2.05) is 0 Å². The molecule has 0 spiro atoms. The van der Waals surface area contributed by atoms with Crippen molar-refractivity contribution in [1.29, 1.82) is 5.26 Å². The lowest BCUT2D eigenvalue weighted by Crippen LogP contribution is -2.43. The lowest BCUT2D eigenvalue weighted by atomic mass is 10.1. The quantitative estimate of drug-likeness (QED) is 0.638. The lowest BCUT2D eigenvalue weighted by molar-refractivity contribution is -0.131. The van der Waals surface area contributed by atoms with E-state index in [0.29, 0.717) is 16.9 Å². The molecule has 1 unspecified atom stereocenters. The highest BCUT2D eigenvalue weighted by Gasteiger charge is 2.47. The molecule has 168 valence electrons. The Balaban J connectivity index is 1.45. The third kappa shape index (κ3) is 4.85. The molecular weight excluding hydrogens is 437 g/mol. The van der Waals surface area contributed by atoms with Gasteiger partial charge in [-0.2, -0.15) is 5.26 Å². The zero-order valence-corrected chi connectivity index (χ0v) is 17.1. The van der Waals surface area contributed by atoms with Gasteiger partial charge in [0, 0.05) is 42.3 Å². The number of likely N-dealkylation sites (tertiary alicyclic amines) is 1. The summed E-state index contributed by atoms with van der Waals surface area (Å²) in [6.07, 6.45) is 8.22. The number of carbonyl (C=O) groups is 2. The van der Waals surface area contributed by atoms with Crippen LogP contribution in [0.25, 0.3) is 17.8 Å². The van der Waals surface area contributed by atoms with Crippen LogP contribution in [-0.4, -0.2) is 56.1 Å². The fraction of sp³-hybridized carbons (Fsp3) is 0.227. The van der Waals surface area contributed by atoms with Crippen LogP contribution < -0.4 is 5.32 Å². The number of pyridine rings is 2. The van der Waals surface area contributed by atoms with Gasteiger partial charge in [0.2, 0.25) is 5.91 Å². The molecule has 0 aliphatic carbocycles. The van der Waals surface area contributed by atoms with Gasteiger partial charge in [-0.3, -0.25) is 14.6 Å². The van der Waals surface area contributed by atoms with Gasteiger partial charge in [0.25, 0.3) is 11.8 Å². The zero-order valence-electron chi connectivity index (χ0n) is 17.1. The number of fused-ring (bicyclic) bond motifs is 1. The van der Waals surface area contributed by atoms with Crippen molar-refractivity contribution in [3.05, 3.63) is 65.6 Å². The molecule has 3 aromatic heterocycles. The number of aromatic nitrogens is 3. The summed E-state index contributed by atoms with van der Waals surface area (Å²) in [6.45, 7) is -1.39. The molecule has 2 amide bonds. The molecule has 3 aromatic rings. The normalized spacial score (nSPS) is 17.4. The van der Waals surface area contributed by atoms with Crippen molar-refractivity contribution >= 4 is 29.6 Å². The van der Waals surface area contributed by atoms with E-state index in [2.05, 4.69) is 15.3 Å². The maximum Gasteiger partial charge on any atom is 0.268 e. The second kappa shape index (κ2) is 8.74. The van der Waals surface area contributed by atoms with Crippen molar-refractivity contribution in [1.82, 2.24) is 24.6 Å². The van der Waals surface area contributed by atoms with Gasteiger partial charge in [-0.05, 0) is 24.3 Å². The molecular formula is C22H17F3N6O2. The highest BCUT2D eigenvalue weighted by atomic mass is 19.3. The minimum atomic E-state index is -3.13. The summed E-state index contributed by atoms with van der Waals surface area (Å²) in [4.78, 5) is 34.0. The Hall–Kier alpha value is -4.20. The molecule has 8 nitrogen and oxygen atoms in total. The molecule has 4 heterocycles. The lowest BCUT2D eigenvalue weighted by Gasteiger charge is -2.19. The first-order valence-corrected chi connectivity index (χ1v) is 9.87. The summed E-state index contributed by atoms with van der Waals surface area (Å²) in [5.74, 6) is -4.92. The standard InChI is InChI=1S/C22H17F3N6O2/c23-15-2-4-19-29-16(12-30(19)11-15)3-1-14-9-27-6-5-18(14)21(33)28-10-20(32)31-13-22(24,25)7-17(31)8-26/h1-6,9,11-12,17H,7,10,13H2,(H,28,33)/b3-1+. The second-order valence-corrected chi connectivity index (χ2v) is 7.48. The first kappa shape index (κ1) is 22.0. The van der Waals surface area contributed by atoms with Crippen LogP contribution in [0.2, 0.25) is 0 Å². The summed E-state index contributed by atoms with van der Waals surface area (Å²) < 4.78 is 42.0. The number of carbonyl (C=O) groups excluding carboxylic acids is 2. The van der Waals surface area contributed by atoms with E-state index in [1.165, 1.54) is 41.2 Å². The highest BCUT2D eigenvalue weighted by Crippen LogP contribution is 2.31. The van der Waals surface area contributed by atoms with E-state index in [9.17, 15) is 22.8 Å². The second-order valence-electron chi connectivity index (χ2n) is 7.48. The molecule has 0 radical (unpaired) electrons. The van der Waals surface area contributed by atoms with Crippen LogP contribution in [-0.2, 0) is 4.79 Å². The van der Waals surface area contributed by atoms with Gasteiger partial charge < -0.3 is 14.6 Å². The van der Waals surface area contributed by atoms with Crippen molar-refractivity contribution < 1.29 is 22.8 Å². The Morgan fingerprint density at radius 1 is 1.27 bits per heavy atom. The fourth-order valence-electron chi connectivity index (χ4n) is 3.53. The van der Waals surface area contributed by atoms with E-state index >= 15 is 0 Å². The van der Waals surface area contributed by atoms with Gasteiger partial charge >= 0.3 is 0 Å². The minimum Gasteiger partial charge on any atom is -0.343 e. The summed E-state index contributed by atoms with van der Waals surface area (Å²) >= 11 is 0. The molecule has 1 N–H and O–H groups in total. The summed E-state index contributed by atoms with van der Waals surface area (Å²) in [6, 6.07) is 4.72. The molecule has 1 aliphatic heterocycles. The number of alkyl halides is 2. The number of nitriles is 1. The van der Waals surface area contributed by atoms with E-state index < -0.39 is 49.1 Å². The van der Waals surface area contributed by atoms with Gasteiger partial charge in [0.1, 0.15) is 17.5 Å². The van der Waals surface area contributed by atoms with Crippen molar-refractivity contribution in [3.63, 3.8) is 0 Å². The SMILES string of the molecule is N#CC1CC(F)(F)CN1C(=O)CNC(=O)c1ccncc1/C=C/c1cn2cc(F)ccc2n1. The topological polar surface area (TPSA) is 103 Å². The van der Waals surface area contributed by atoms with Gasteiger partial charge in [-0.1, -0.05) is 6.08 Å². The average molecular weight is 454 g/mol. The van der Waals surface area contributed by atoms with Crippen LogP contribution >= 0.6 is 0 Å². The fourth-order valence-corrected chi connectivity index (χ4v) is 3.53. The Kier molecular flexibility index (Phi) is 5.83. The van der Waals surface area contributed by atoms with Crippen LogP contribution in [0.5, 0.6) is 0 Å². The average Bonchev–Trinajstić information content (AvgIpc) is 3.34. The third-order valence-electron chi connectivity index (χ3n) is 5.10. The van der Waals surface area contributed by atoms with Gasteiger partial charge in [-0.25, -0.2) is 18.2 Å². The third-order valence-corrected chi connectivity index (χ3v) is 5.10. The van der Waals surface area contributed by atoms with E-state index in [1.54, 1.807) is 24.4 Å². The largest absolute Gasteiger partial charge is 0.343 e. The van der Waals surface area contributed by atoms with Crippen LogP contribution in [0.4, 0.5) is 13.2 Å². The van der Waals surface area contributed by atoms with E-state index in [4.69, 9.17) is 5.26 Å². The summed E-state index contributed by atoms with van der Waals surface area (Å²) in [5.41, 5.74) is 1.69. The molecule has 33 heavy (non-hydrogen) atoms. The first-order chi connectivity index (χ1) is 15.8. The molecule has 1 saturated heterocycles. The maximum atomic E-state index is 13.5. The number of amides is 2. The molecule has 1 fully saturated rings. The molecule has 11 heteroatoms. The Bertz CT molecular complexity index is 1300.